The molecule has 0 unspecified atom stereocenters. The molecule has 4 nitrogen and oxygen atoms in total. The predicted molar refractivity (Wildman–Crippen MR) is 92.2 cm³/mol. The van der Waals surface area contributed by atoms with E-state index >= 15 is 0 Å². The van der Waals surface area contributed by atoms with Crippen LogP contribution < -0.4 is 5.32 Å². The molecule has 1 heterocycles. The van der Waals surface area contributed by atoms with Gasteiger partial charge in [-0.25, -0.2) is 0 Å². The van der Waals surface area contributed by atoms with Crippen molar-refractivity contribution >= 4 is 39.9 Å². The van der Waals surface area contributed by atoms with E-state index in [1.807, 2.05) is 19.1 Å². The number of aromatic amines is 1. The Morgan fingerprint density at radius 3 is 2.43 bits per heavy atom. The van der Waals surface area contributed by atoms with E-state index in [9.17, 15) is 9.59 Å². The van der Waals surface area contributed by atoms with Crippen molar-refractivity contribution < 1.29 is 9.59 Å². The number of anilines is 1. The number of H-pyrrole nitrogens is 1. The summed E-state index contributed by atoms with van der Waals surface area (Å²) in [4.78, 5) is 27.4. The zero-order valence-electron chi connectivity index (χ0n) is 12.7. The molecule has 0 atom stereocenters. The highest BCUT2D eigenvalue weighted by Crippen LogP contribution is 2.31. The molecule has 0 bridgehead atoms. The van der Waals surface area contributed by atoms with Crippen LogP contribution >= 0.6 is 11.6 Å². The Morgan fingerprint density at radius 1 is 1.09 bits per heavy atom. The molecule has 5 heteroatoms. The van der Waals surface area contributed by atoms with Gasteiger partial charge in [-0.2, -0.15) is 0 Å². The molecule has 0 saturated carbocycles. The number of hydrogen-bond donors (Lipinski definition) is 2. The van der Waals surface area contributed by atoms with Crippen molar-refractivity contribution in [3.05, 3.63) is 64.3 Å². The van der Waals surface area contributed by atoms with Crippen molar-refractivity contribution in [1.82, 2.24) is 4.98 Å². The summed E-state index contributed by atoms with van der Waals surface area (Å²) >= 11 is 6.01. The maximum Gasteiger partial charge on any atom is 0.221 e. The van der Waals surface area contributed by atoms with Gasteiger partial charge in [0.15, 0.2) is 0 Å². The number of rotatable bonds is 3. The third-order valence-electron chi connectivity index (χ3n) is 3.60. The van der Waals surface area contributed by atoms with E-state index in [2.05, 4.69) is 10.3 Å². The van der Waals surface area contributed by atoms with Crippen molar-refractivity contribution in [3.63, 3.8) is 0 Å². The quantitative estimate of drug-likeness (QED) is 0.704. The summed E-state index contributed by atoms with van der Waals surface area (Å²) < 4.78 is 0. The third kappa shape index (κ3) is 2.98. The van der Waals surface area contributed by atoms with E-state index in [0.29, 0.717) is 27.5 Å². The maximum atomic E-state index is 12.8. The van der Waals surface area contributed by atoms with E-state index in [0.717, 1.165) is 10.9 Å². The van der Waals surface area contributed by atoms with Gasteiger partial charge in [-0.3, -0.25) is 9.59 Å². The molecule has 0 saturated heterocycles. The van der Waals surface area contributed by atoms with Crippen molar-refractivity contribution in [2.45, 2.75) is 13.8 Å². The smallest absolute Gasteiger partial charge is 0.221 e. The van der Waals surface area contributed by atoms with Crippen LogP contribution in [0.2, 0.25) is 5.02 Å². The number of aryl methyl sites for hydroxylation is 1. The molecule has 2 N–H and O–H groups in total. The molecule has 2 aromatic carbocycles. The summed E-state index contributed by atoms with van der Waals surface area (Å²) in [6.07, 6.45) is 0. The van der Waals surface area contributed by atoms with Gasteiger partial charge in [-0.05, 0) is 25.1 Å². The summed E-state index contributed by atoms with van der Waals surface area (Å²) in [6, 6.07) is 12.5. The van der Waals surface area contributed by atoms with Crippen molar-refractivity contribution in [2.24, 2.45) is 0 Å². The van der Waals surface area contributed by atoms with Gasteiger partial charge in [-0.15, -0.1) is 0 Å². The Balaban J connectivity index is 2.16. The number of hydrogen-bond acceptors (Lipinski definition) is 2. The first-order chi connectivity index (χ1) is 11.0. The lowest BCUT2D eigenvalue weighted by molar-refractivity contribution is -0.114. The fourth-order valence-corrected chi connectivity index (χ4v) is 2.67. The average Bonchev–Trinajstić information content (AvgIpc) is 2.84. The molecule has 1 aromatic heterocycles. The first kappa shape index (κ1) is 15.3. The largest absolute Gasteiger partial charge is 0.350 e. The minimum absolute atomic E-state index is 0.180. The van der Waals surface area contributed by atoms with Crippen LogP contribution in [0.1, 0.15) is 28.5 Å². The van der Waals surface area contributed by atoms with Crippen LogP contribution in [-0.2, 0) is 4.79 Å². The average molecular weight is 327 g/mol. The van der Waals surface area contributed by atoms with Crippen LogP contribution in [0.4, 0.5) is 5.69 Å². The monoisotopic (exact) mass is 326 g/mol. The van der Waals surface area contributed by atoms with Crippen molar-refractivity contribution in [2.75, 3.05) is 5.32 Å². The van der Waals surface area contributed by atoms with Crippen LogP contribution in [0.3, 0.4) is 0 Å². The second kappa shape index (κ2) is 5.89. The fraction of sp³-hybridized carbons (Fsp3) is 0.111. The van der Waals surface area contributed by atoms with Crippen LogP contribution in [0, 0.1) is 6.92 Å². The molecule has 116 valence electrons. The van der Waals surface area contributed by atoms with Gasteiger partial charge in [0.25, 0.3) is 0 Å². The number of benzene rings is 2. The van der Waals surface area contributed by atoms with Crippen LogP contribution in [-0.4, -0.2) is 16.7 Å². The van der Waals surface area contributed by atoms with Crippen LogP contribution in [0.5, 0.6) is 0 Å². The Hall–Kier alpha value is -2.59. The van der Waals surface area contributed by atoms with E-state index in [4.69, 9.17) is 11.6 Å². The van der Waals surface area contributed by atoms with Gasteiger partial charge in [0.2, 0.25) is 11.7 Å². The lowest BCUT2D eigenvalue weighted by atomic mass is 10.1. The summed E-state index contributed by atoms with van der Waals surface area (Å²) in [5, 5.41) is 4.05. The van der Waals surface area contributed by atoms with Gasteiger partial charge < -0.3 is 10.3 Å². The second-order valence-corrected chi connectivity index (χ2v) is 5.88. The molecule has 0 aliphatic heterocycles. The number of aromatic nitrogens is 1. The van der Waals surface area contributed by atoms with Crippen LogP contribution in [0.25, 0.3) is 10.9 Å². The highest BCUT2D eigenvalue weighted by Gasteiger charge is 2.20. The van der Waals surface area contributed by atoms with E-state index in [1.54, 1.807) is 30.3 Å². The van der Waals surface area contributed by atoms with Gasteiger partial charge >= 0.3 is 0 Å². The number of fused-ring (bicyclic) bond motifs is 1. The van der Waals surface area contributed by atoms with E-state index in [-0.39, 0.29) is 11.7 Å². The molecule has 0 radical (unpaired) electrons. The Bertz CT molecular complexity index is 911. The number of amides is 1. The molecular formula is C18H15ClN2O2. The van der Waals surface area contributed by atoms with Gasteiger partial charge in [-0.1, -0.05) is 41.4 Å². The number of halogens is 1. The Morgan fingerprint density at radius 2 is 1.78 bits per heavy atom. The zero-order chi connectivity index (χ0) is 16.6. The Kier molecular flexibility index (Phi) is 3.92. The first-order valence-electron chi connectivity index (χ1n) is 7.16. The number of carbonyl (C=O) groups is 2. The molecular weight excluding hydrogens is 312 g/mol. The van der Waals surface area contributed by atoms with E-state index in [1.165, 1.54) is 6.92 Å². The van der Waals surface area contributed by atoms with Gasteiger partial charge in [0, 0.05) is 28.4 Å². The third-order valence-corrected chi connectivity index (χ3v) is 3.84. The number of nitrogens with one attached hydrogen (secondary N) is 2. The van der Waals surface area contributed by atoms with Gasteiger partial charge in [0.1, 0.15) is 5.69 Å². The lowest BCUT2D eigenvalue weighted by Gasteiger charge is -2.05. The summed E-state index contributed by atoms with van der Waals surface area (Å²) in [7, 11) is 0. The predicted octanol–water partition coefficient (Wildman–Crippen LogP) is 4.32. The molecule has 23 heavy (non-hydrogen) atoms. The zero-order valence-corrected chi connectivity index (χ0v) is 13.5. The lowest BCUT2D eigenvalue weighted by Crippen LogP contribution is -2.11. The van der Waals surface area contributed by atoms with Crippen LogP contribution in [0.15, 0.2) is 42.5 Å². The minimum Gasteiger partial charge on any atom is -0.350 e. The molecule has 0 aliphatic carbocycles. The normalized spacial score (nSPS) is 10.7. The second-order valence-electron chi connectivity index (χ2n) is 5.44. The summed E-state index contributed by atoms with van der Waals surface area (Å²) in [5.41, 5.74) is 3.17. The maximum absolute atomic E-state index is 12.8. The SMILES string of the molecule is CC(=O)Nc1c(C(=O)c2ccc(C)cc2)[nH]c2cc(Cl)ccc12. The van der Waals surface area contributed by atoms with E-state index < -0.39 is 0 Å². The Labute approximate surface area is 138 Å². The first-order valence-corrected chi connectivity index (χ1v) is 7.53. The summed E-state index contributed by atoms with van der Waals surface area (Å²) in [5.74, 6) is -0.417. The molecule has 0 aliphatic rings. The minimum atomic E-state index is -0.237. The highest BCUT2D eigenvalue weighted by atomic mass is 35.5. The fourth-order valence-electron chi connectivity index (χ4n) is 2.50. The molecule has 0 spiro atoms. The molecule has 3 aromatic rings. The standard InChI is InChI=1S/C18H15ClN2O2/c1-10-3-5-12(6-4-10)18(23)17-16(20-11(2)22)14-8-7-13(19)9-15(14)21-17/h3-9,21H,1-2H3,(H,20,22). The number of carbonyl (C=O) groups excluding carboxylic acids is 2. The molecule has 3 rings (SSSR count). The molecule has 0 fully saturated rings. The number of ketones is 1. The highest BCUT2D eigenvalue weighted by molar-refractivity contribution is 6.31. The van der Waals surface area contributed by atoms with Crippen molar-refractivity contribution in [3.8, 4) is 0 Å². The van der Waals surface area contributed by atoms with Gasteiger partial charge in [0.05, 0.1) is 5.69 Å². The topological polar surface area (TPSA) is 62.0 Å². The summed E-state index contributed by atoms with van der Waals surface area (Å²) in [6.45, 7) is 3.37. The van der Waals surface area contributed by atoms with Crippen molar-refractivity contribution in [1.29, 1.82) is 0 Å². The molecule has 1 amide bonds.